The number of methoxy groups -OCH3 is 1. The van der Waals surface area contributed by atoms with Gasteiger partial charge in [-0.15, -0.1) is 0 Å². The molecule has 0 N–H and O–H groups in total. The van der Waals surface area contributed by atoms with E-state index < -0.39 is 0 Å². The van der Waals surface area contributed by atoms with Gasteiger partial charge in [0.15, 0.2) is 11.5 Å². The molecule has 0 bridgehead atoms. The van der Waals surface area contributed by atoms with Gasteiger partial charge in [0, 0.05) is 43.0 Å². The average molecular weight is 481 g/mol. The van der Waals surface area contributed by atoms with Crippen molar-refractivity contribution in [3.05, 3.63) is 88.4 Å². The van der Waals surface area contributed by atoms with Crippen LogP contribution < -0.4 is 14.4 Å². The van der Waals surface area contributed by atoms with Crippen LogP contribution in [0.5, 0.6) is 11.5 Å². The van der Waals surface area contributed by atoms with Gasteiger partial charge in [-0.1, -0.05) is 35.9 Å². The topological polar surface area (TPSA) is 51.2 Å². The summed E-state index contributed by atoms with van der Waals surface area (Å²) < 4.78 is 16.8. The van der Waals surface area contributed by atoms with E-state index in [0.29, 0.717) is 35.2 Å². The number of morpholine rings is 1. The molecule has 1 aliphatic rings. The lowest BCUT2D eigenvalue weighted by atomic mass is 10.1. The highest BCUT2D eigenvalue weighted by Crippen LogP contribution is 2.29. The van der Waals surface area contributed by atoms with Crippen molar-refractivity contribution < 1.29 is 19.0 Å². The number of amides is 1. The Bertz CT molecular complexity index is 1100. The van der Waals surface area contributed by atoms with Gasteiger partial charge < -0.3 is 24.0 Å². The quantitative estimate of drug-likeness (QED) is 0.452. The third-order valence-corrected chi connectivity index (χ3v) is 6.05. The van der Waals surface area contributed by atoms with E-state index in [0.717, 1.165) is 37.4 Å². The van der Waals surface area contributed by atoms with E-state index in [4.69, 9.17) is 25.8 Å². The van der Waals surface area contributed by atoms with Crippen LogP contribution in [0.25, 0.3) is 0 Å². The lowest BCUT2D eigenvalue weighted by Gasteiger charge is -2.29. The van der Waals surface area contributed by atoms with Crippen LogP contribution in [0.4, 0.5) is 5.69 Å². The van der Waals surface area contributed by atoms with Gasteiger partial charge in [-0.2, -0.15) is 0 Å². The number of carbonyl (C=O) groups is 1. The van der Waals surface area contributed by atoms with E-state index in [2.05, 4.69) is 29.2 Å². The SMILES string of the molecule is COc1cc(C(=O)N(C)Cc2ccc(N3CCOCC3)cc2)ccc1OCc1ccc(Cl)cc1. The fraction of sp³-hybridized carbons (Fsp3) is 0.296. The van der Waals surface area contributed by atoms with Crippen LogP contribution in [-0.2, 0) is 17.9 Å². The van der Waals surface area contributed by atoms with Crippen molar-refractivity contribution >= 4 is 23.2 Å². The summed E-state index contributed by atoms with van der Waals surface area (Å²) in [4.78, 5) is 17.1. The Balaban J connectivity index is 1.37. The van der Waals surface area contributed by atoms with Crippen LogP contribution in [0.3, 0.4) is 0 Å². The third-order valence-electron chi connectivity index (χ3n) is 5.80. The summed E-state index contributed by atoms with van der Waals surface area (Å²) in [5.74, 6) is 1.01. The van der Waals surface area contributed by atoms with Crippen LogP contribution in [0.15, 0.2) is 66.7 Å². The second kappa shape index (κ2) is 11.3. The fourth-order valence-corrected chi connectivity index (χ4v) is 3.99. The number of carbonyl (C=O) groups excluding carboxylic acids is 1. The Morgan fingerprint density at radius 2 is 1.65 bits per heavy atom. The molecule has 7 heteroatoms. The summed E-state index contributed by atoms with van der Waals surface area (Å²) in [6.45, 7) is 4.21. The lowest BCUT2D eigenvalue weighted by molar-refractivity contribution is 0.0784. The molecule has 178 valence electrons. The lowest BCUT2D eigenvalue weighted by Crippen LogP contribution is -2.36. The smallest absolute Gasteiger partial charge is 0.254 e. The van der Waals surface area contributed by atoms with Crippen molar-refractivity contribution in [2.24, 2.45) is 0 Å². The van der Waals surface area contributed by atoms with Gasteiger partial charge in [0.2, 0.25) is 0 Å². The molecule has 1 saturated heterocycles. The number of anilines is 1. The fourth-order valence-electron chi connectivity index (χ4n) is 3.86. The summed E-state index contributed by atoms with van der Waals surface area (Å²) in [6, 6.07) is 21.1. The predicted octanol–water partition coefficient (Wildman–Crippen LogP) is 5.04. The molecule has 1 heterocycles. The van der Waals surface area contributed by atoms with Crippen molar-refractivity contribution in [3.63, 3.8) is 0 Å². The predicted molar refractivity (Wildman–Crippen MR) is 134 cm³/mol. The Kier molecular flexibility index (Phi) is 7.93. The zero-order chi connectivity index (χ0) is 23.9. The molecule has 1 fully saturated rings. The normalized spacial score (nSPS) is 13.4. The summed E-state index contributed by atoms with van der Waals surface area (Å²) in [7, 11) is 3.37. The standard InChI is InChI=1S/C27H29ClN2O4/c1-29(18-20-5-10-24(11-6-20)30-13-15-33-16-14-30)27(31)22-7-12-25(26(17-22)32-2)34-19-21-3-8-23(28)9-4-21/h3-12,17H,13-16,18-19H2,1-2H3. The molecular weight excluding hydrogens is 452 g/mol. The summed E-state index contributed by atoms with van der Waals surface area (Å²) in [5, 5.41) is 0.682. The van der Waals surface area contributed by atoms with Gasteiger partial charge in [-0.05, 0) is 53.6 Å². The van der Waals surface area contributed by atoms with Gasteiger partial charge in [-0.25, -0.2) is 0 Å². The van der Waals surface area contributed by atoms with Crippen LogP contribution in [0.1, 0.15) is 21.5 Å². The van der Waals surface area contributed by atoms with E-state index in [9.17, 15) is 4.79 Å². The van der Waals surface area contributed by atoms with E-state index in [1.54, 1.807) is 37.3 Å². The van der Waals surface area contributed by atoms with E-state index in [-0.39, 0.29) is 5.91 Å². The molecule has 0 saturated carbocycles. The van der Waals surface area contributed by atoms with Crippen LogP contribution >= 0.6 is 11.6 Å². The molecule has 34 heavy (non-hydrogen) atoms. The maximum atomic E-state index is 13.0. The van der Waals surface area contributed by atoms with E-state index in [1.165, 1.54) is 5.69 Å². The first kappa shape index (κ1) is 23.9. The molecule has 0 unspecified atom stereocenters. The average Bonchev–Trinajstić information content (AvgIpc) is 2.88. The van der Waals surface area contributed by atoms with Crippen LogP contribution in [0, 0.1) is 0 Å². The monoisotopic (exact) mass is 480 g/mol. The van der Waals surface area contributed by atoms with Crippen LogP contribution in [0.2, 0.25) is 5.02 Å². The van der Waals surface area contributed by atoms with Crippen molar-refractivity contribution in [2.75, 3.05) is 45.4 Å². The van der Waals surface area contributed by atoms with Crippen molar-refractivity contribution in [3.8, 4) is 11.5 Å². The number of rotatable bonds is 8. The molecule has 3 aromatic rings. The first-order chi connectivity index (χ1) is 16.5. The number of hydrogen-bond donors (Lipinski definition) is 0. The van der Waals surface area contributed by atoms with Gasteiger partial charge in [0.05, 0.1) is 20.3 Å². The maximum absolute atomic E-state index is 13.0. The van der Waals surface area contributed by atoms with Crippen molar-refractivity contribution in [2.45, 2.75) is 13.2 Å². The molecule has 0 atom stereocenters. The molecule has 0 spiro atoms. The zero-order valence-electron chi connectivity index (χ0n) is 19.5. The number of benzene rings is 3. The minimum Gasteiger partial charge on any atom is -0.493 e. The highest BCUT2D eigenvalue weighted by Gasteiger charge is 2.16. The summed E-state index contributed by atoms with van der Waals surface area (Å²) in [6.07, 6.45) is 0. The minimum atomic E-state index is -0.0835. The molecule has 0 aliphatic carbocycles. The number of halogens is 1. The third kappa shape index (κ3) is 6.01. The van der Waals surface area contributed by atoms with Gasteiger partial charge >= 0.3 is 0 Å². The number of hydrogen-bond acceptors (Lipinski definition) is 5. The van der Waals surface area contributed by atoms with E-state index >= 15 is 0 Å². The minimum absolute atomic E-state index is 0.0835. The number of ether oxygens (including phenoxy) is 3. The Morgan fingerprint density at radius 1 is 0.971 bits per heavy atom. The highest BCUT2D eigenvalue weighted by molar-refractivity contribution is 6.30. The van der Waals surface area contributed by atoms with Gasteiger partial charge in [0.1, 0.15) is 6.61 Å². The molecular formula is C27H29ClN2O4. The first-order valence-corrected chi connectivity index (χ1v) is 11.6. The van der Waals surface area contributed by atoms with E-state index in [1.807, 2.05) is 24.3 Å². The Hall–Kier alpha value is -3.22. The largest absolute Gasteiger partial charge is 0.493 e. The molecule has 0 aromatic heterocycles. The second-order valence-electron chi connectivity index (χ2n) is 8.21. The highest BCUT2D eigenvalue weighted by atomic mass is 35.5. The first-order valence-electron chi connectivity index (χ1n) is 11.3. The molecule has 6 nitrogen and oxygen atoms in total. The molecule has 3 aromatic carbocycles. The zero-order valence-corrected chi connectivity index (χ0v) is 20.3. The molecule has 1 amide bonds. The molecule has 1 aliphatic heterocycles. The molecule has 0 radical (unpaired) electrons. The summed E-state index contributed by atoms with van der Waals surface area (Å²) >= 11 is 5.94. The van der Waals surface area contributed by atoms with Gasteiger partial charge in [-0.3, -0.25) is 4.79 Å². The Morgan fingerprint density at radius 3 is 2.32 bits per heavy atom. The van der Waals surface area contributed by atoms with Crippen molar-refractivity contribution in [1.82, 2.24) is 4.90 Å². The second-order valence-corrected chi connectivity index (χ2v) is 8.64. The number of nitrogens with zero attached hydrogens (tertiary/aromatic N) is 2. The molecule has 4 rings (SSSR count). The Labute approximate surface area is 205 Å². The summed E-state index contributed by atoms with van der Waals surface area (Å²) in [5.41, 5.74) is 3.79. The van der Waals surface area contributed by atoms with Crippen LogP contribution in [-0.4, -0.2) is 51.3 Å². The maximum Gasteiger partial charge on any atom is 0.254 e. The van der Waals surface area contributed by atoms with Crippen molar-refractivity contribution in [1.29, 1.82) is 0 Å². The van der Waals surface area contributed by atoms with Gasteiger partial charge in [0.25, 0.3) is 5.91 Å².